The molecule has 0 bridgehead atoms. The van der Waals surface area contributed by atoms with Gasteiger partial charge in [0.25, 0.3) is 0 Å². The number of rotatable bonds is 9. The molecule has 2 heterocycles. The number of hydrogen-bond acceptors (Lipinski definition) is 5. The molecule has 0 saturated heterocycles. The van der Waals surface area contributed by atoms with Gasteiger partial charge in [-0.1, -0.05) is 25.5 Å². The first-order chi connectivity index (χ1) is 16.8. The fraction of sp³-hybridized carbons (Fsp3) is 0.346. The number of hydrogen-bond donors (Lipinski definition) is 0. The van der Waals surface area contributed by atoms with E-state index in [9.17, 15) is 17.6 Å². The smallest absolute Gasteiger partial charge is 0.243 e. The van der Waals surface area contributed by atoms with Crippen LogP contribution in [0.5, 0.6) is 5.75 Å². The van der Waals surface area contributed by atoms with Crippen molar-refractivity contribution in [2.45, 2.75) is 37.1 Å². The summed E-state index contributed by atoms with van der Waals surface area (Å²) in [5.74, 6) is -0.0594. The van der Waals surface area contributed by atoms with Gasteiger partial charge in [-0.05, 0) is 71.8 Å². The fourth-order valence-corrected chi connectivity index (χ4v) is 6.68. The van der Waals surface area contributed by atoms with Gasteiger partial charge in [0.1, 0.15) is 11.6 Å². The summed E-state index contributed by atoms with van der Waals surface area (Å²) in [4.78, 5) is 16.7. The Bertz CT molecular complexity index is 1260. The summed E-state index contributed by atoms with van der Waals surface area (Å²) < 4.78 is 47.0. The van der Waals surface area contributed by atoms with Crippen LogP contribution >= 0.6 is 11.3 Å². The van der Waals surface area contributed by atoms with Crippen LogP contribution in [0.15, 0.2) is 64.9 Å². The second-order valence-electron chi connectivity index (χ2n) is 8.46. The molecule has 3 aromatic rings. The maximum atomic E-state index is 13.7. The fourth-order valence-electron chi connectivity index (χ4n) is 4.35. The topological polar surface area (TPSA) is 66.9 Å². The zero-order chi connectivity index (χ0) is 25.0. The van der Waals surface area contributed by atoms with Crippen molar-refractivity contribution in [1.82, 2.24) is 9.21 Å². The number of methoxy groups -OCH3 is 1. The molecular formula is C26H29FN2O4S2. The zero-order valence-electron chi connectivity index (χ0n) is 19.8. The predicted octanol–water partition coefficient (Wildman–Crippen LogP) is 4.86. The van der Waals surface area contributed by atoms with E-state index in [0.717, 1.165) is 17.5 Å². The summed E-state index contributed by atoms with van der Waals surface area (Å²) in [6.45, 7) is 2.44. The number of halogens is 1. The third-order valence-electron chi connectivity index (χ3n) is 6.24. The van der Waals surface area contributed by atoms with Gasteiger partial charge in [0.2, 0.25) is 15.9 Å². The Morgan fingerprint density at radius 3 is 2.51 bits per heavy atom. The summed E-state index contributed by atoms with van der Waals surface area (Å²) >= 11 is 1.64. The quantitative estimate of drug-likeness (QED) is 0.407. The van der Waals surface area contributed by atoms with Crippen LogP contribution in [-0.2, 0) is 21.2 Å². The second-order valence-corrected chi connectivity index (χ2v) is 11.4. The molecule has 0 unspecified atom stereocenters. The van der Waals surface area contributed by atoms with Crippen molar-refractivity contribution < 1.29 is 22.3 Å². The molecule has 6 nitrogen and oxygen atoms in total. The third-order valence-corrected chi connectivity index (χ3v) is 9.10. The molecule has 0 spiro atoms. The first kappa shape index (κ1) is 25.3. The SMILES string of the molecule is CCCCN(CC(=O)N1CCc2sccc2[C@H]1c1ccc(F)cc1)S(=O)(=O)c1ccc(OC)cc1. The zero-order valence-corrected chi connectivity index (χ0v) is 21.4. The molecule has 0 N–H and O–H groups in total. The summed E-state index contributed by atoms with van der Waals surface area (Å²) in [5.41, 5.74) is 1.82. The summed E-state index contributed by atoms with van der Waals surface area (Å²) in [7, 11) is -2.37. The Balaban J connectivity index is 1.64. The van der Waals surface area contributed by atoms with Gasteiger partial charge in [-0.25, -0.2) is 12.8 Å². The van der Waals surface area contributed by atoms with Crippen LogP contribution < -0.4 is 4.74 Å². The van der Waals surface area contributed by atoms with E-state index in [0.29, 0.717) is 25.1 Å². The number of nitrogens with zero attached hydrogens (tertiary/aromatic N) is 2. The lowest BCUT2D eigenvalue weighted by Gasteiger charge is -2.37. The van der Waals surface area contributed by atoms with E-state index in [1.54, 1.807) is 40.5 Å². The van der Waals surface area contributed by atoms with E-state index < -0.39 is 10.0 Å². The highest BCUT2D eigenvalue weighted by Crippen LogP contribution is 2.38. The summed E-state index contributed by atoms with van der Waals surface area (Å²) in [5, 5.41) is 2.00. The lowest BCUT2D eigenvalue weighted by Crippen LogP contribution is -2.47. The van der Waals surface area contributed by atoms with Gasteiger partial charge in [0.15, 0.2) is 0 Å². The Morgan fingerprint density at radius 1 is 1.14 bits per heavy atom. The van der Waals surface area contributed by atoms with Crippen LogP contribution in [0.2, 0.25) is 0 Å². The van der Waals surface area contributed by atoms with E-state index in [4.69, 9.17) is 4.74 Å². The van der Waals surface area contributed by atoms with Crippen LogP contribution in [0.4, 0.5) is 4.39 Å². The molecule has 9 heteroatoms. The number of ether oxygens (including phenoxy) is 1. The van der Waals surface area contributed by atoms with Gasteiger partial charge in [0, 0.05) is 18.0 Å². The second kappa shape index (κ2) is 10.9. The molecule has 35 heavy (non-hydrogen) atoms. The minimum absolute atomic E-state index is 0.121. The monoisotopic (exact) mass is 516 g/mol. The van der Waals surface area contributed by atoms with Crippen LogP contribution in [0.3, 0.4) is 0 Å². The Hall–Kier alpha value is -2.75. The predicted molar refractivity (Wildman–Crippen MR) is 135 cm³/mol. The van der Waals surface area contributed by atoms with E-state index in [-0.39, 0.29) is 35.8 Å². The maximum absolute atomic E-state index is 13.7. The van der Waals surface area contributed by atoms with Crippen molar-refractivity contribution in [3.05, 3.63) is 81.8 Å². The van der Waals surface area contributed by atoms with E-state index >= 15 is 0 Å². The van der Waals surface area contributed by atoms with Crippen LogP contribution in [0, 0.1) is 5.82 Å². The Kier molecular flexibility index (Phi) is 7.88. The Morgan fingerprint density at radius 2 is 1.86 bits per heavy atom. The van der Waals surface area contributed by atoms with Crippen LogP contribution in [0.25, 0.3) is 0 Å². The van der Waals surface area contributed by atoms with Gasteiger partial charge >= 0.3 is 0 Å². The van der Waals surface area contributed by atoms with Crippen LogP contribution in [0.1, 0.15) is 41.8 Å². The van der Waals surface area contributed by atoms with E-state index in [1.807, 2.05) is 18.4 Å². The molecule has 1 aliphatic rings. The minimum atomic E-state index is -3.89. The normalized spacial score (nSPS) is 15.8. The molecule has 1 atom stereocenters. The number of carbonyl (C=O) groups is 1. The molecule has 1 aromatic heterocycles. The van der Waals surface area contributed by atoms with E-state index in [2.05, 4.69) is 0 Å². The molecule has 0 saturated carbocycles. The first-order valence-electron chi connectivity index (χ1n) is 11.6. The van der Waals surface area contributed by atoms with Crippen molar-refractivity contribution >= 4 is 27.3 Å². The van der Waals surface area contributed by atoms with Gasteiger partial charge < -0.3 is 9.64 Å². The highest BCUT2D eigenvalue weighted by molar-refractivity contribution is 7.89. The molecule has 0 fully saturated rings. The number of sulfonamides is 1. The maximum Gasteiger partial charge on any atom is 0.243 e. The van der Waals surface area contributed by atoms with Crippen molar-refractivity contribution in [2.24, 2.45) is 0 Å². The largest absolute Gasteiger partial charge is 0.497 e. The van der Waals surface area contributed by atoms with Crippen molar-refractivity contribution in [3.63, 3.8) is 0 Å². The number of benzene rings is 2. The van der Waals surface area contributed by atoms with E-state index in [1.165, 1.54) is 40.6 Å². The summed E-state index contributed by atoms with van der Waals surface area (Å²) in [6, 6.07) is 14.0. The standard InChI is InChI=1S/C26H29FN2O4S2/c1-3-4-15-28(35(31,32)22-11-9-21(33-2)10-12-22)18-25(30)29-16-13-24-23(14-17-34-24)26(29)19-5-7-20(27)8-6-19/h5-12,14,17,26H,3-4,13,15-16,18H2,1-2H3/t26-/m1/s1. The number of thiophene rings is 1. The first-order valence-corrected chi connectivity index (χ1v) is 13.9. The molecule has 0 aliphatic carbocycles. The molecule has 186 valence electrons. The average Bonchev–Trinajstić information content (AvgIpc) is 3.35. The van der Waals surface area contributed by atoms with Crippen LogP contribution in [-0.4, -0.2) is 50.3 Å². The molecule has 4 rings (SSSR count). The van der Waals surface area contributed by atoms with Gasteiger partial charge in [-0.3, -0.25) is 4.79 Å². The number of carbonyl (C=O) groups excluding carboxylic acids is 1. The minimum Gasteiger partial charge on any atom is -0.497 e. The lowest BCUT2D eigenvalue weighted by molar-refractivity contribution is -0.133. The summed E-state index contributed by atoms with van der Waals surface area (Å²) in [6.07, 6.45) is 2.14. The molecule has 2 aromatic carbocycles. The lowest BCUT2D eigenvalue weighted by atomic mass is 9.93. The van der Waals surface area contributed by atoms with Crippen molar-refractivity contribution in [1.29, 1.82) is 0 Å². The molecule has 1 aliphatic heterocycles. The van der Waals surface area contributed by atoms with Gasteiger partial charge in [-0.2, -0.15) is 4.31 Å². The van der Waals surface area contributed by atoms with Crippen molar-refractivity contribution in [3.8, 4) is 5.75 Å². The Labute approximate surface area is 210 Å². The highest BCUT2D eigenvalue weighted by Gasteiger charge is 2.35. The number of unbranched alkanes of at least 4 members (excludes halogenated alkanes) is 1. The molecular weight excluding hydrogens is 487 g/mol. The third kappa shape index (κ3) is 5.42. The average molecular weight is 517 g/mol. The number of fused-ring (bicyclic) bond motifs is 1. The highest BCUT2D eigenvalue weighted by atomic mass is 32.2. The van der Waals surface area contributed by atoms with Gasteiger partial charge in [-0.15, -0.1) is 11.3 Å². The van der Waals surface area contributed by atoms with Crippen molar-refractivity contribution in [2.75, 3.05) is 26.7 Å². The molecule has 1 amide bonds. The number of amides is 1. The molecule has 0 radical (unpaired) electrons. The van der Waals surface area contributed by atoms with Gasteiger partial charge in [0.05, 0.1) is 24.6 Å².